The standard InChI is InChI=1S/C19H25NS/c1-19(2)13-7-6-10-18(19)20-14-16-11-12-17(21-16)15-8-4-3-5-9-15/h3-5,8-9,11-12,18,20H,6-7,10,13-14H2,1-2H3. The fourth-order valence-corrected chi connectivity index (χ4v) is 4.29. The summed E-state index contributed by atoms with van der Waals surface area (Å²) < 4.78 is 0. The highest BCUT2D eigenvalue weighted by atomic mass is 32.1. The van der Waals surface area contributed by atoms with Gasteiger partial charge in [0, 0.05) is 22.3 Å². The lowest BCUT2D eigenvalue weighted by atomic mass is 9.73. The van der Waals surface area contributed by atoms with E-state index < -0.39 is 0 Å². The lowest BCUT2D eigenvalue weighted by Crippen LogP contribution is -2.43. The molecular formula is C19H25NS. The van der Waals surface area contributed by atoms with Crippen molar-refractivity contribution in [3.05, 3.63) is 47.3 Å². The minimum Gasteiger partial charge on any atom is -0.309 e. The smallest absolute Gasteiger partial charge is 0.0346 e. The molecule has 1 saturated carbocycles. The molecule has 1 N–H and O–H groups in total. The Hall–Kier alpha value is -1.12. The molecule has 1 heterocycles. The molecule has 1 aromatic heterocycles. The summed E-state index contributed by atoms with van der Waals surface area (Å²) in [4.78, 5) is 2.81. The van der Waals surface area contributed by atoms with Crippen molar-refractivity contribution in [2.75, 3.05) is 0 Å². The molecule has 1 unspecified atom stereocenters. The molecule has 2 aromatic rings. The molecular weight excluding hydrogens is 274 g/mol. The summed E-state index contributed by atoms with van der Waals surface area (Å²) >= 11 is 1.91. The molecule has 0 amide bonds. The van der Waals surface area contributed by atoms with Crippen molar-refractivity contribution < 1.29 is 0 Å². The highest BCUT2D eigenvalue weighted by molar-refractivity contribution is 7.15. The van der Waals surface area contributed by atoms with E-state index in [0.29, 0.717) is 11.5 Å². The summed E-state index contributed by atoms with van der Waals surface area (Å²) in [6.45, 7) is 5.83. The van der Waals surface area contributed by atoms with Gasteiger partial charge in [-0.25, -0.2) is 0 Å². The van der Waals surface area contributed by atoms with Gasteiger partial charge in [0.25, 0.3) is 0 Å². The van der Waals surface area contributed by atoms with Gasteiger partial charge in [0.05, 0.1) is 0 Å². The Morgan fingerprint density at radius 2 is 1.90 bits per heavy atom. The molecule has 0 spiro atoms. The molecule has 1 aromatic carbocycles. The van der Waals surface area contributed by atoms with Gasteiger partial charge in [-0.1, -0.05) is 57.0 Å². The van der Waals surface area contributed by atoms with Crippen molar-refractivity contribution in [2.24, 2.45) is 5.41 Å². The van der Waals surface area contributed by atoms with Gasteiger partial charge in [-0.05, 0) is 36.0 Å². The predicted octanol–water partition coefficient (Wildman–Crippen LogP) is 5.47. The van der Waals surface area contributed by atoms with Crippen molar-refractivity contribution in [3.8, 4) is 10.4 Å². The minimum absolute atomic E-state index is 0.442. The second kappa shape index (κ2) is 6.33. The second-order valence-corrected chi connectivity index (χ2v) is 7.97. The molecule has 0 bridgehead atoms. The van der Waals surface area contributed by atoms with Crippen LogP contribution in [0.25, 0.3) is 10.4 Å². The van der Waals surface area contributed by atoms with Gasteiger partial charge < -0.3 is 5.32 Å². The summed E-state index contributed by atoms with van der Waals surface area (Å²) in [5, 5.41) is 3.80. The van der Waals surface area contributed by atoms with Crippen LogP contribution in [0.2, 0.25) is 0 Å². The Bertz CT molecular complexity index is 570. The Morgan fingerprint density at radius 3 is 2.67 bits per heavy atom. The van der Waals surface area contributed by atoms with E-state index in [1.807, 2.05) is 11.3 Å². The molecule has 0 saturated heterocycles. The molecule has 1 aliphatic rings. The number of nitrogens with one attached hydrogen (secondary N) is 1. The molecule has 1 atom stereocenters. The highest BCUT2D eigenvalue weighted by Gasteiger charge is 2.31. The van der Waals surface area contributed by atoms with Crippen molar-refractivity contribution >= 4 is 11.3 Å². The average molecular weight is 299 g/mol. The molecule has 2 heteroatoms. The fraction of sp³-hybridized carbons (Fsp3) is 0.474. The van der Waals surface area contributed by atoms with Crippen LogP contribution in [0.15, 0.2) is 42.5 Å². The first-order valence-electron chi connectivity index (χ1n) is 8.03. The van der Waals surface area contributed by atoms with Gasteiger partial charge in [0.1, 0.15) is 0 Å². The Labute approximate surface area is 132 Å². The minimum atomic E-state index is 0.442. The molecule has 112 valence electrons. The first-order chi connectivity index (χ1) is 10.1. The van der Waals surface area contributed by atoms with E-state index in [0.717, 1.165) is 6.54 Å². The Kier molecular flexibility index (Phi) is 4.46. The summed E-state index contributed by atoms with van der Waals surface area (Å²) in [6, 6.07) is 15.9. The van der Waals surface area contributed by atoms with Crippen molar-refractivity contribution in [1.29, 1.82) is 0 Å². The largest absolute Gasteiger partial charge is 0.309 e. The zero-order valence-electron chi connectivity index (χ0n) is 13.1. The molecule has 1 fully saturated rings. The van der Waals surface area contributed by atoms with Crippen molar-refractivity contribution in [3.63, 3.8) is 0 Å². The number of thiophene rings is 1. The van der Waals surface area contributed by atoms with Crippen LogP contribution in [-0.2, 0) is 6.54 Å². The van der Waals surface area contributed by atoms with Crippen molar-refractivity contribution in [1.82, 2.24) is 5.32 Å². The third kappa shape index (κ3) is 3.56. The van der Waals surface area contributed by atoms with Crippen LogP contribution in [0.4, 0.5) is 0 Å². The SMILES string of the molecule is CC1(C)CCCCC1NCc1ccc(-c2ccccc2)s1. The molecule has 1 nitrogen and oxygen atoms in total. The normalized spacial score (nSPS) is 21.3. The maximum absolute atomic E-state index is 3.80. The van der Waals surface area contributed by atoms with Gasteiger partial charge in [0.2, 0.25) is 0 Å². The van der Waals surface area contributed by atoms with Gasteiger partial charge in [-0.15, -0.1) is 11.3 Å². The summed E-state index contributed by atoms with van der Waals surface area (Å²) in [7, 11) is 0. The lowest BCUT2D eigenvalue weighted by Gasteiger charge is -2.39. The van der Waals surface area contributed by atoms with Crippen LogP contribution in [0, 0.1) is 5.41 Å². The topological polar surface area (TPSA) is 12.0 Å². The summed E-state index contributed by atoms with van der Waals surface area (Å²) in [5.74, 6) is 0. The second-order valence-electron chi connectivity index (χ2n) is 6.80. The Balaban J connectivity index is 1.63. The number of rotatable bonds is 4. The van der Waals surface area contributed by atoms with Crippen LogP contribution in [-0.4, -0.2) is 6.04 Å². The van der Waals surface area contributed by atoms with E-state index >= 15 is 0 Å². The van der Waals surface area contributed by atoms with Crippen molar-refractivity contribution in [2.45, 2.75) is 52.1 Å². The van der Waals surface area contributed by atoms with Crippen LogP contribution >= 0.6 is 11.3 Å². The third-order valence-electron chi connectivity index (χ3n) is 4.75. The van der Waals surface area contributed by atoms with Crippen LogP contribution in [0.5, 0.6) is 0 Å². The van der Waals surface area contributed by atoms with E-state index in [1.165, 1.54) is 41.0 Å². The predicted molar refractivity (Wildman–Crippen MR) is 92.6 cm³/mol. The van der Waals surface area contributed by atoms with E-state index in [4.69, 9.17) is 0 Å². The highest BCUT2D eigenvalue weighted by Crippen LogP contribution is 2.36. The van der Waals surface area contributed by atoms with Gasteiger partial charge >= 0.3 is 0 Å². The third-order valence-corrected chi connectivity index (χ3v) is 5.88. The van der Waals surface area contributed by atoms with Crippen LogP contribution in [0.1, 0.15) is 44.4 Å². The number of hydrogen-bond donors (Lipinski definition) is 1. The number of hydrogen-bond acceptors (Lipinski definition) is 2. The van der Waals surface area contributed by atoms with Gasteiger partial charge in [-0.2, -0.15) is 0 Å². The maximum atomic E-state index is 3.80. The molecule has 1 aliphatic carbocycles. The molecule has 3 rings (SSSR count). The summed E-state index contributed by atoms with van der Waals surface area (Å²) in [5.41, 5.74) is 1.77. The van der Waals surface area contributed by atoms with Crippen LogP contribution < -0.4 is 5.32 Å². The lowest BCUT2D eigenvalue weighted by molar-refractivity contribution is 0.167. The zero-order valence-corrected chi connectivity index (χ0v) is 13.9. The first-order valence-corrected chi connectivity index (χ1v) is 8.84. The number of benzene rings is 1. The average Bonchev–Trinajstić information content (AvgIpc) is 2.95. The monoisotopic (exact) mass is 299 g/mol. The van der Waals surface area contributed by atoms with E-state index in [-0.39, 0.29) is 0 Å². The molecule has 0 aliphatic heterocycles. The fourth-order valence-electron chi connectivity index (χ4n) is 3.33. The van der Waals surface area contributed by atoms with E-state index in [2.05, 4.69) is 61.6 Å². The first kappa shape index (κ1) is 14.8. The van der Waals surface area contributed by atoms with E-state index in [1.54, 1.807) is 0 Å². The molecule has 21 heavy (non-hydrogen) atoms. The zero-order chi connectivity index (χ0) is 14.7. The van der Waals surface area contributed by atoms with Crippen LogP contribution in [0.3, 0.4) is 0 Å². The van der Waals surface area contributed by atoms with Gasteiger partial charge in [0.15, 0.2) is 0 Å². The van der Waals surface area contributed by atoms with E-state index in [9.17, 15) is 0 Å². The summed E-state index contributed by atoms with van der Waals surface area (Å²) in [6.07, 6.45) is 5.44. The molecule has 0 radical (unpaired) electrons. The maximum Gasteiger partial charge on any atom is 0.0346 e. The Morgan fingerprint density at radius 1 is 1.10 bits per heavy atom. The quantitative estimate of drug-likeness (QED) is 0.789. The van der Waals surface area contributed by atoms with Gasteiger partial charge in [-0.3, -0.25) is 0 Å².